The largest absolute Gasteiger partial charge is 0.327 e. The summed E-state index contributed by atoms with van der Waals surface area (Å²) in [6.45, 7) is 9.96. The summed E-state index contributed by atoms with van der Waals surface area (Å²) in [5.74, 6) is 0. The second-order valence-corrected chi connectivity index (χ2v) is 5.10. The van der Waals surface area contributed by atoms with Crippen LogP contribution < -0.4 is 5.73 Å². The van der Waals surface area contributed by atoms with Gasteiger partial charge in [0.1, 0.15) is 0 Å². The first kappa shape index (κ1) is 15.9. The highest BCUT2D eigenvalue weighted by Crippen LogP contribution is 2.05. The zero-order valence-electron chi connectivity index (χ0n) is 11.9. The Morgan fingerprint density at radius 2 is 1.75 bits per heavy atom. The normalized spacial score (nSPS) is 15.8. The molecule has 0 aliphatic rings. The lowest BCUT2D eigenvalue weighted by molar-refractivity contribution is 0.170. The summed E-state index contributed by atoms with van der Waals surface area (Å²) in [6, 6.07) is 0.928. The SMILES string of the molecule is CCCCC(N)CN(CC)C(C)CN(C)C. The van der Waals surface area contributed by atoms with Crippen LogP contribution in [-0.4, -0.2) is 55.6 Å². The molecule has 2 N–H and O–H groups in total. The molecule has 0 radical (unpaired) electrons. The minimum absolute atomic E-state index is 0.338. The number of rotatable bonds is 9. The molecule has 0 saturated carbocycles. The van der Waals surface area contributed by atoms with E-state index >= 15 is 0 Å². The molecule has 98 valence electrons. The van der Waals surface area contributed by atoms with E-state index in [4.69, 9.17) is 5.73 Å². The average Bonchev–Trinajstić information content (AvgIpc) is 2.21. The topological polar surface area (TPSA) is 32.5 Å². The predicted octanol–water partition coefficient (Wildman–Crippen LogP) is 1.78. The van der Waals surface area contributed by atoms with E-state index in [0.29, 0.717) is 12.1 Å². The van der Waals surface area contributed by atoms with Crippen molar-refractivity contribution in [3.8, 4) is 0 Å². The van der Waals surface area contributed by atoms with Crippen LogP contribution in [0.25, 0.3) is 0 Å². The third-order valence-corrected chi connectivity index (χ3v) is 3.06. The van der Waals surface area contributed by atoms with Gasteiger partial charge in [-0.25, -0.2) is 0 Å². The minimum atomic E-state index is 0.338. The predicted molar refractivity (Wildman–Crippen MR) is 72.8 cm³/mol. The maximum Gasteiger partial charge on any atom is 0.0195 e. The fourth-order valence-corrected chi connectivity index (χ4v) is 2.12. The smallest absolute Gasteiger partial charge is 0.0195 e. The van der Waals surface area contributed by atoms with Crippen LogP contribution in [0.5, 0.6) is 0 Å². The summed E-state index contributed by atoms with van der Waals surface area (Å²) in [4.78, 5) is 4.73. The lowest BCUT2D eigenvalue weighted by Gasteiger charge is -2.32. The highest BCUT2D eigenvalue weighted by molar-refractivity contribution is 4.74. The van der Waals surface area contributed by atoms with Crippen molar-refractivity contribution in [2.24, 2.45) is 5.73 Å². The van der Waals surface area contributed by atoms with Crippen LogP contribution in [0.3, 0.4) is 0 Å². The number of nitrogens with two attached hydrogens (primary N) is 1. The highest BCUT2D eigenvalue weighted by atomic mass is 15.2. The highest BCUT2D eigenvalue weighted by Gasteiger charge is 2.15. The van der Waals surface area contributed by atoms with Gasteiger partial charge in [-0.1, -0.05) is 26.7 Å². The first-order chi connectivity index (χ1) is 7.51. The Hall–Kier alpha value is -0.120. The molecule has 0 rings (SSSR count). The molecule has 0 spiro atoms. The molecule has 0 saturated heterocycles. The van der Waals surface area contributed by atoms with Gasteiger partial charge in [0, 0.05) is 25.2 Å². The summed E-state index contributed by atoms with van der Waals surface area (Å²) >= 11 is 0. The number of nitrogens with zero attached hydrogens (tertiary/aromatic N) is 2. The second-order valence-electron chi connectivity index (χ2n) is 5.10. The van der Waals surface area contributed by atoms with Gasteiger partial charge in [0.25, 0.3) is 0 Å². The first-order valence-electron chi connectivity index (χ1n) is 6.65. The number of hydrogen-bond acceptors (Lipinski definition) is 3. The van der Waals surface area contributed by atoms with E-state index in [-0.39, 0.29) is 0 Å². The van der Waals surface area contributed by atoms with Gasteiger partial charge in [-0.3, -0.25) is 4.90 Å². The van der Waals surface area contributed by atoms with Crippen LogP contribution in [-0.2, 0) is 0 Å². The molecule has 0 fully saturated rings. The number of hydrogen-bond donors (Lipinski definition) is 1. The average molecular weight is 229 g/mol. The van der Waals surface area contributed by atoms with Crippen molar-refractivity contribution in [1.29, 1.82) is 0 Å². The van der Waals surface area contributed by atoms with Crippen LogP contribution in [0.4, 0.5) is 0 Å². The van der Waals surface area contributed by atoms with Crippen LogP contribution >= 0.6 is 0 Å². The molecule has 3 nitrogen and oxygen atoms in total. The van der Waals surface area contributed by atoms with Gasteiger partial charge in [0.2, 0.25) is 0 Å². The number of likely N-dealkylation sites (N-methyl/N-ethyl adjacent to an activating group) is 2. The van der Waals surface area contributed by atoms with Crippen molar-refractivity contribution in [1.82, 2.24) is 9.80 Å². The molecule has 0 bridgehead atoms. The molecule has 0 amide bonds. The van der Waals surface area contributed by atoms with Crippen LogP contribution in [0.15, 0.2) is 0 Å². The lowest BCUT2D eigenvalue weighted by Crippen LogP contribution is -2.45. The molecule has 0 aromatic rings. The molecular weight excluding hydrogens is 198 g/mol. The Kier molecular flexibility index (Phi) is 8.90. The summed E-state index contributed by atoms with van der Waals surface area (Å²) in [7, 11) is 4.25. The molecule has 0 aliphatic carbocycles. The third-order valence-electron chi connectivity index (χ3n) is 3.06. The van der Waals surface area contributed by atoms with E-state index in [2.05, 4.69) is 44.7 Å². The van der Waals surface area contributed by atoms with E-state index < -0.39 is 0 Å². The molecule has 3 heteroatoms. The van der Waals surface area contributed by atoms with Crippen molar-refractivity contribution >= 4 is 0 Å². The maximum absolute atomic E-state index is 6.15. The minimum Gasteiger partial charge on any atom is -0.327 e. The fraction of sp³-hybridized carbons (Fsp3) is 1.00. The molecule has 16 heavy (non-hydrogen) atoms. The fourth-order valence-electron chi connectivity index (χ4n) is 2.12. The molecule has 0 heterocycles. The van der Waals surface area contributed by atoms with Gasteiger partial charge in [-0.2, -0.15) is 0 Å². The Balaban J connectivity index is 3.97. The van der Waals surface area contributed by atoms with Gasteiger partial charge in [0.05, 0.1) is 0 Å². The van der Waals surface area contributed by atoms with Crippen molar-refractivity contribution in [2.45, 2.75) is 52.1 Å². The maximum atomic E-state index is 6.15. The van der Waals surface area contributed by atoms with Crippen molar-refractivity contribution in [2.75, 3.05) is 33.7 Å². The third kappa shape index (κ3) is 7.20. The van der Waals surface area contributed by atoms with E-state index in [0.717, 1.165) is 26.1 Å². The molecule has 0 aliphatic heterocycles. The van der Waals surface area contributed by atoms with Gasteiger partial charge in [-0.15, -0.1) is 0 Å². The van der Waals surface area contributed by atoms with Gasteiger partial charge in [-0.05, 0) is 34.0 Å². The zero-order valence-corrected chi connectivity index (χ0v) is 11.9. The first-order valence-corrected chi connectivity index (χ1v) is 6.65. The van der Waals surface area contributed by atoms with E-state index in [1.165, 1.54) is 12.8 Å². The summed E-state index contributed by atoms with van der Waals surface area (Å²) in [6.07, 6.45) is 3.65. The zero-order chi connectivity index (χ0) is 12.6. The van der Waals surface area contributed by atoms with Crippen molar-refractivity contribution in [3.05, 3.63) is 0 Å². The lowest BCUT2D eigenvalue weighted by atomic mass is 10.1. The van der Waals surface area contributed by atoms with E-state index in [1.807, 2.05) is 0 Å². The van der Waals surface area contributed by atoms with Crippen LogP contribution in [0, 0.1) is 0 Å². The number of unbranched alkanes of at least 4 members (excludes halogenated alkanes) is 1. The van der Waals surface area contributed by atoms with Gasteiger partial charge >= 0.3 is 0 Å². The van der Waals surface area contributed by atoms with Crippen LogP contribution in [0.2, 0.25) is 0 Å². The Morgan fingerprint density at radius 1 is 1.12 bits per heavy atom. The molecule has 2 atom stereocenters. The molecule has 0 aromatic carbocycles. The van der Waals surface area contributed by atoms with Crippen LogP contribution in [0.1, 0.15) is 40.0 Å². The Labute approximate surface area is 102 Å². The van der Waals surface area contributed by atoms with E-state index in [1.54, 1.807) is 0 Å². The molecule has 0 aromatic heterocycles. The molecule has 2 unspecified atom stereocenters. The van der Waals surface area contributed by atoms with Crippen molar-refractivity contribution in [3.63, 3.8) is 0 Å². The summed E-state index contributed by atoms with van der Waals surface area (Å²) in [5, 5.41) is 0. The summed E-state index contributed by atoms with van der Waals surface area (Å²) < 4.78 is 0. The van der Waals surface area contributed by atoms with Crippen molar-refractivity contribution < 1.29 is 0 Å². The Morgan fingerprint density at radius 3 is 2.19 bits per heavy atom. The quantitative estimate of drug-likeness (QED) is 0.654. The standard InChI is InChI=1S/C13H31N3/c1-6-8-9-13(14)11-16(7-2)12(3)10-15(4)5/h12-13H,6-11,14H2,1-5H3. The second kappa shape index (κ2) is 8.97. The van der Waals surface area contributed by atoms with Gasteiger partial charge < -0.3 is 10.6 Å². The summed E-state index contributed by atoms with van der Waals surface area (Å²) in [5.41, 5.74) is 6.15. The monoisotopic (exact) mass is 229 g/mol. The molecular formula is C13H31N3. The van der Waals surface area contributed by atoms with Gasteiger partial charge in [0.15, 0.2) is 0 Å². The van der Waals surface area contributed by atoms with E-state index in [9.17, 15) is 0 Å². The Bertz CT molecular complexity index is 159.